The Labute approximate surface area is 357 Å². The number of unbranched alkanes of at least 4 members (excludes halogenated alkanes) is 4. The van der Waals surface area contributed by atoms with Crippen molar-refractivity contribution in [1.82, 2.24) is 26.6 Å². The second-order valence-corrected chi connectivity index (χ2v) is 15.0. The van der Waals surface area contributed by atoms with Gasteiger partial charge < -0.3 is 53.1 Å². The first-order valence-electron chi connectivity index (χ1n) is 21.3. The maximum atomic E-state index is 14.0. The van der Waals surface area contributed by atoms with E-state index in [0.29, 0.717) is 62.6 Å². The van der Waals surface area contributed by atoms with E-state index >= 15 is 0 Å². The van der Waals surface area contributed by atoms with Crippen LogP contribution in [0.4, 0.5) is 5.69 Å². The number of benzene rings is 2. The number of carbonyl (C=O) groups is 6. The first-order chi connectivity index (χ1) is 29.3. The molecule has 0 radical (unpaired) electrons. The van der Waals surface area contributed by atoms with Gasteiger partial charge in [-0.05, 0) is 102 Å². The maximum absolute atomic E-state index is 14.0. The Bertz CT molecular complexity index is 1950. The highest BCUT2D eigenvalue weighted by Crippen LogP contribution is 2.22. The van der Waals surface area contributed by atoms with Gasteiger partial charge in [-0.2, -0.15) is 0 Å². The lowest BCUT2D eigenvalue weighted by Gasteiger charge is -2.26. The molecule has 0 saturated carbocycles. The quantitative estimate of drug-likeness (QED) is 0.0386. The number of nitrogens with zero attached hydrogens (tertiary/aromatic N) is 1. The van der Waals surface area contributed by atoms with E-state index in [-0.39, 0.29) is 31.4 Å². The van der Waals surface area contributed by atoms with E-state index in [1.165, 1.54) is 13.0 Å². The molecule has 17 heteroatoms. The molecule has 334 valence electrons. The van der Waals surface area contributed by atoms with Crippen molar-refractivity contribution in [1.29, 1.82) is 0 Å². The molecule has 0 bridgehead atoms. The molecule has 0 aliphatic carbocycles. The summed E-state index contributed by atoms with van der Waals surface area (Å²) < 4.78 is 5.49. The molecule has 1 aromatic heterocycles. The third kappa shape index (κ3) is 16.6. The van der Waals surface area contributed by atoms with Gasteiger partial charge in [-0.25, -0.2) is 4.79 Å². The normalized spacial score (nSPS) is 13.0. The number of rotatable bonds is 28. The number of amides is 6. The molecular weight excluding hydrogens is 783 g/mol. The van der Waals surface area contributed by atoms with Crippen LogP contribution in [0.3, 0.4) is 0 Å². The number of carbonyl (C=O) groups excluding carboxylic acids is 6. The Morgan fingerprint density at radius 2 is 1.23 bits per heavy atom. The molecule has 0 saturated heterocycles. The Morgan fingerprint density at radius 1 is 0.672 bits per heavy atom. The van der Waals surface area contributed by atoms with Gasteiger partial charge in [-0.3, -0.25) is 28.8 Å². The molecule has 4 atom stereocenters. The zero-order chi connectivity index (χ0) is 44.7. The summed E-state index contributed by atoms with van der Waals surface area (Å²) >= 11 is 0. The highest BCUT2D eigenvalue weighted by molar-refractivity contribution is 5.97. The lowest BCUT2D eigenvalue weighted by molar-refractivity contribution is -0.134. The van der Waals surface area contributed by atoms with Crippen LogP contribution >= 0.6 is 0 Å². The van der Waals surface area contributed by atoms with Crippen molar-refractivity contribution in [2.45, 2.75) is 116 Å². The second-order valence-electron chi connectivity index (χ2n) is 15.0. The summed E-state index contributed by atoms with van der Waals surface area (Å²) in [5.74, 6) is -3.60. The first kappa shape index (κ1) is 49.6. The Balaban J connectivity index is 1.65. The van der Waals surface area contributed by atoms with Gasteiger partial charge in [-0.1, -0.05) is 43.2 Å². The molecule has 0 aliphatic rings. The zero-order valence-electron chi connectivity index (χ0n) is 35.8. The van der Waals surface area contributed by atoms with Crippen LogP contribution in [0.2, 0.25) is 0 Å². The molecule has 0 spiro atoms. The monoisotopic (exact) mass is 847 g/mol. The number of hydrogen-bond acceptors (Lipinski definition) is 11. The van der Waals surface area contributed by atoms with Gasteiger partial charge >= 0.3 is 5.63 Å². The molecule has 17 nitrogen and oxygen atoms in total. The zero-order valence-corrected chi connectivity index (χ0v) is 35.8. The third-order valence-corrected chi connectivity index (χ3v) is 10.3. The Hall–Kier alpha value is -5.81. The molecule has 0 unspecified atom stereocenters. The molecule has 61 heavy (non-hydrogen) atoms. The average molecular weight is 848 g/mol. The summed E-state index contributed by atoms with van der Waals surface area (Å²) in [7, 11) is 0. The molecule has 0 aliphatic heterocycles. The predicted octanol–water partition coefficient (Wildman–Crippen LogP) is 1.87. The number of hydrogen-bond donors (Lipinski definition) is 8. The van der Waals surface area contributed by atoms with E-state index in [0.717, 1.165) is 37.2 Å². The minimum atomic E-state index is -1.12. The number of nitrogens with two attached hydrogens (primary N) is 3. The van der Waals surface area contributed by atoms with Crippen molar-refractivity contribution in [3.63, 3.8) is 0 Å². The topological polar surface area (TPSA) is 274 Å². The van der Waals surface area contributed by atoms with Gasteiger partial charge in [0.05, 0.1) is 0 Å². The number of anilines is 1. The standard InChI is InChI=1S/C44H65N9O8/c1-4-53(5-2)32-22-21-31-27-33(44(60)61-38(31)28-32)40(56)48-25-15-12-18-34(39(47)55)50-42(58)36(20-11-14-24-46)51-43(59)37(26-30-16-8-6-9-17-30)52-41(57)35(49-29(3)54)19-10-7-13-23-45/h6,8-9,16-17,21-22,27-28,34-37H,4-5,7,10-15,18-20,23-26,45-46H2,1-3H3,(H2,47,55)(H,48,56)(H,49,54)(H,50,58)(H,51,59)(H,52,57)/t34-,35-,36-,37-/m0/s1. The van der Waals surface area contributed by atoms with Crippen molar-refractivity contribution in [2.24, 2.45) is 17.2 Å². The van der Waals surface area contributed by atoms with E-state index in [4.69, 9.17) is 21.6 Å². The van der Waals surface area contributed by atoms with Crippen molar-refractivity contribution in [3.05, 3.63) is 76.1 Å². The van der Waals surface area contributed by atoms with E-state index in [1.807, 2.05) is 38.1 Å². The van der Waals surface area contributed by atoms with Crippen LogP contribution in [-0.4, -0.2) is 92.3 Å². The van der Waals surface area contributed by atoms with Gasteiger partial charge in [0.2, 0.25) is 29.5 Å². The Kier molecular flexibility index (Phi) is 21.5. The molecule has 1 heterocycles. The summed E-state index contributed by atoms with van der Waals surface area (Å²) in [5.41, 5.74) is 18.2. The SMILES string of the molecule is CCN(CC)c1ccc2cc(C(=O)NCCCC[C@H](NC(=O)[C@H](CCCCN)NC(=O)[C@H](Cc3ccccc3)NC(=O)[C@H](CCCCCN)NC(C)=O)C(N)=O)c(=O)oc2c1. The van der Waals surface area contributed by atoms with Crippen LogP contribution in [-0.2, 0) is 30.4 Å². The molecule has 3 rings (SSSR count). The van der Waals surface area contributed by atoms with Gasteiger partial charge in [0, 0.05) is 50.1 Å². The molecule has 6 amide bonds. The fraction of sp³-hybridized carbons (Fsp3) is 0.523. The molecule has 3 aromatic rings. The van der Waals surface area contributed by atoms with Crippen LogP contribution in [0, 0.1) is 0 Å². The van der Waals surface area contributed by atoms with Crippen LogP contribution in [0.5, 0.6) is 0 Å². The largest absolute Gasteiger partial charge is 0.422 e. The molecule has 0 fully saturated rings. The lowest BCUT2D eigenvalue weighted by atomic mass is 10.0. The fourth-order valence-corrected chi connectivity index (χ4v) is 6.92. The molecular formula is C44H65N9O8. The van der Waals surface area contributed by atoms with Crippen LogP contribution in [0.15, 0.2) is 63.8 Å². The van der Waals surface area contributed by atoms with Crippen molar-refractivity contribution in [3.8, 4) is 0 Å². The van der Waals surface area contributed by atoms with Crippen molar-refractivity contribution < 1.29 is 33.2 Å². The summed E-state index contributed by atoms with van der Waals surface area (Å²) in [5, 5.41) is 14.2. The smallest absolute Gasteiger partial charge is 0.349 e. The van der Waals surface area contributed by atoms with Gasteiger partial charge in [0.1, 0.15) is 35.3 Å². The summed E-state index contributed by atoms with van der Waals surface area (Å²) in [6.07, 6.45) is 4.73. The van der Waals surface area contributed by atoms with Crippen LogP contribution < -0.4 is 54.3 Å². The number of fused-ring (bicyclic) bond motifs is 1. The minimum absolute atomic E-state index is 0.0967. The van der Waals surface area contributed by atoms with Gasteiger partial charge in [0.15, 0.2) is 0 Å². The van der Waals surface area contributed by atoms with Crippen LogP contribution in [0.1, 0.15) is 101 Å². The lowest BCUT2D eigenvalue weighted by Crippen LogP contribution is -2.58. The van der Waals surface area contributed by atoms with Gasteiger partial charge in [0.25, 0.3) is 5.91 Å². The van der Waals surface area contributed by atoms with Gasteiger partial charge in [-0.15, -0.1) is 0 Å². The number of nitrogens with one attached hydrogen (secondary N) is 5. The van der Waals surface area contributed by atoms with Crippen molar-refractivity contribution in [2.75, 3.05) is 37.6 Å². The third-order valence-electron chi connectivity index (χ3n) is 10.3. The highest BCUT2D eigenvalue weighted by Gasteiger charge is 2.31. The van der Waals surface area contributed by atoms with E-state index < -0.39 is 65.2 Å². The predicted molar refractivity (Wildman–Crippen MR) is 235 cm³/mol. The molecule has 2 aromatic carbocycles. The summed E-state index contributed by atoms with van der Waals surface area (Å²) in [4.78, 5) is 93.5. The van der Waals surface area contributed by atoms with Crippen LogP contribution in [0.25, 0.3) is 11.0 Å². The van der Waals surface area contributed by atoms with Crippen molar-refractivity contribution >= 4 is 52.1 Å². The average Bonchev–Trinajstić information content (AvgIpc) is 3.23. The van der Waals surface area contributed by atoms with E-state index in [2.05, 4.69) is 31.5 Å². The highest BCUT2D eigenvalue weighted by atomic mass is 16.4. The Morgan fingerprint density at radius 3 is 1.85 bits per heavy atom. The second kappa shape index (κ2) is 26.4. The maximum Gasteiger partial charge on any atom is 0.349 e. The fourth-order valence-electron chi connectivity index (χ4n) is 6.92. The summed E-state index contributed by atoms with van der Waals surface area (Å²) in [6.45, 7) is 7.96. The minimum Gasteiger partial charge on any atom is -0.422 e. The summed E-state index contributed by atoms with van der Waals surface area (Å²) in [6, 6.07) is 11.8. The first-order valence-corrected chi connectivity index (χ1v) is 21.3. The van der Waals surface area contributed by atoms with E-state index in [1.54, 1.807) is 24.3 Å². The number of primary amides is 1. The molecule has 11 N–H and O–H groups in total. The van der Waals surface area contributed by atoms with E-state index in [9.17, 15) is 33.6 Å².